The summed E-state index contributed by atoms with van der Waals surface area (Å²) in [6.07, 6.45) is 3.89. The van der Waals surface area contributed by atoms with Gasteiger partial charge in [0.1, 0.15) is 15.6 Å². The number of rotatable bonds is 4. The van der Waals surface area contributed by atoms with Crippen LogP contribution in [0.25, 0.3) is 0 Å². The molecular formula is C15H19BrO4S. The Morgan fingerprint density at radius 1 is 1.33 bits per heavy atom. The third-order valence-electron chi connectivity index (χ3n) is 4.04. The fraction of sp³-hybridized carbons (Fsp3) is 0.533. The lowest BCUT2D eigenvalue weighted by Crippen LogP contribution is -2.31. The van der Waals surface area contributed by atoms with E-state index in [4.69, 9.17) is 4.74 Å². The van der Waals surface area contributed by atoms with Crippen LogP contribution >= 0.6 is 15.9 Å². The zero-order valence-electron chi connectivity index (χ0n) is 12.1. The van der Waals surface area contributed by atoms with E-state index in [1.54, 1.807) is 25.3 Å². The summed E-state index contributed by atoms with van der Waals surface area (Å²) in [5, 5.41) is -0.387. The van der Waals surface area contributed by atoms with Gasteiger partial charge in [0.2, 0.25) is 0 Å². The quantitative estimate of drug-likeness (QED) is 0.758. The van der Waals surface area contributed by atoms with E-state index in [2.05, 4.69) is 15.9 Å². The highest BCUT2D eigenvalue weighted by Gasteiger charge is 2.32. The van der Waals surface area contributed by atoms with Crippen molar-refractivity contribution in [2.24, 2.45) is 5.92 Å². The van der Waals surface area contributed by atoms with Crippen molar-refractivity contribution < 1.29 is 17.9 Å². The highest BCUT2D eigenvalue weighted by Crippen LogP contribution is 2.32. The first kappa shape index (κ1) is 16.5. The van der Waals surface area contributed by atoms with Crippen molar-refractivity contribution >= 4 is 31.6 Å². The molecule has 0 aromatic heterocycles. The Labute approximate surface area is 133 Å². The van der Waals surface area contributed by atoms with Gasteiger partial charge in [-0.1, -0.05) is 6.42 Å². The van der Waals surface area contributed by atoms with Crippen LogP contribution in [0.15, 0.2) is 22.7 Å². The van der Waals surface area contributed by atoms with Crippen LogP contribution in [0.3, 0.4) is 0 Å². The molecule has 1 aliphatic carbocycles. The van der Waals surface area contributed by atoms with Gasteiger partial charge in [-0.3, -0.25) is 4.79 Å². The number of ketones is 1. The fourth-order valence-corrected chi connectivity index (χ4v) is 4.54. The summed E-state index contributed by atoms with van der Waals surface area (Å²) in [6, 6.07) is 5.22. The molecule has 2 unspecified atom stereocenters. The molecule has 4 nitrogen and oxygen atoms in total. The minimum atomic E-state index is -3.07. The maximum absolute atomic E-state index is 12.6. The number of hydrogen-bond acceptors (Lipinski definition) is 4. The minimum Gasteiger partial charge on any atom is -0.496 e. The molecule has 0 radical (unpaired) electrons. The van der Waals surface area contributed by atoms with Crippen molar-refractivity contribution in [3.63, 3.8) is 0 Å². The number of halogens is 1. The zero-order chi connectivity index (χ0) is 15.6. The number of hydrogen-bond donors (Lipinski definition) is 0. The minimum absolute atomic E-state index is 0.0201. The molecule has 116 valence electrons. The van der Waals surface area contributed by atoms with E-state index in [1.807, 2.05) is 0 Å². The van der Waals surface area contributed by atoms with E-state index in [-0.39, 0.29) is 17.0 Å². The molecule has 6 heteroatoms. The van der Waals surface area contributed by atoms with Crippen LogP contribution in [-0.4, -0.2) is 32.8 Å². The van der Waals surface area contributed by atoms with Crippen LogP contribution in [0.1, 0.15) is 36.0 Å². The van der Waals surface area contributed by atoms with E-state index in [9.17, 15) is 13.2 Å². The summed E-state index contributed by atoms with van der Waals surface area (Å²) >= 11 is 3.37. The van der Waals surface area contributed by atoms with Gasteiger partial charge >= 0.3 is 0 Å². The number of sulfone groups is 1. The summed E-state index contributed by atoms with van der Waals surface area (Å²) in [5.74, 6) is 0.481. The Morgan fingerprint density at radius 2 is 2.05 bits per heavy atom. The molecule has 1 saturated carbocycles. The molecule has 0 spiro atoms. The molecular weight excluding hydrogens is 356 g/mol. The first-order chi connectivity index (χ1) is 9.82. The predicted octanol–water partition coefficient (Wildman–Crippen LogP) is 3.24. The number of methoxy groups -OCH3 is 1. The number of ether oxygens (including phenoxy) is 1. The van der Waals surface area contributed by atoms with E-state index < -0.39 is 9.84 Å². The Balaban J connectivity index is 2.18. The summed E-state index contributed by atoms with van der Waals surface area (Å²) in [4.78, 5) is 12.6. The molecule has 0 amide bonds. The largest absolute Gasteiger partial charge is 0.496 e. The fourth-order valence-electron chi connectivity index (χ4n) is 2.83. The molecule has 1 aromatic rings. The van der Waals surface area contributed by atoms with Crippen LogP contribution in [0.5, 0.6) is 5.75 Å². The summed E-state index contributed by atoms with van der Waals surface area (Å²) in [7, 11) is -1.51. The first-order valence-corrected chi connectivity index (χ1v) is 9.64. The Hall–Kier alpha value is -0.880. The second kappa shape index (κ2) is 6.48. The summed E-state index contributed by atoms with van der Waals surface area (Å²) < 4.78 is 29.3. The van der Waals surface area contributed by atoms with Crippen molar-refractivity contribution in [2.45, 2.75) is 30.9 Å². The van der Waals surface area contributed by atoms with Crippen molar-refractivity contribution in [3.8, 4) is 5.75 Å². The molecule has 0 heterocycles. The molecule has 2 atom stereocenters. The molecule has 1 aliphatic rings. The van der Waals surface area contributed by atoms with Gasteiger partial charge in [0.05, 0.1) is 16.8 Å². The third-order valence-corrected chi connectivity index (χ3v) is 6.30. The zero-order valence-corrected chi connectivity index (χ0v) is 14.5. The van der Waals surface area contributed by atoms with Gasteiger partial charge in [0.15, 0.2) is 5.78 Å². The smallest absolute Gasteiger partial charge is 0.166 e. The van der Waals surface area contributed by atoms with Crippen LogP contribution < -0.4 is 4.74 Å². The molecule has 0 bridgehead atoms. The van der Waals surface area contributed by atoms with Gasteiger partial charge in [-0.25, -0.2) is 8.42 Å². The average molecular weight is 375 g/mol. The number of Topliss-reactive ketones (excluding diaryl/α,β-unsaturated/α-hetero) is 1. The lowest BCUT2D eigenvalue weighted by atomic mass is 9.83. The van der Waals surface area contributed by atoms with E-state index in [1.165, 1.54) is 6.26 Å². The van der Waals surface area contributed by atoms with Gasteiger partial charge in [0.25, 0.3) is 0 Å². The van der Waals surface area contributed by atoms with Gasteiger partial charge < -0.3 is 4.74 Å². The van der Waals surface area contributed by atoms with Crippen LogP contribution in [-0.2, 0) is 9.84 Å². The lowest BCUT2D eigenvalue weighted by Gasteiger charge is -2.27. The van der Waals surface area contributed by atoms with Gasteiger partial charge in [-0.15, -0.1) is 0 Å². The lowest BCUT2D eigenvalue weighted by molar-refractivity contribution is 0.0891. The van der Waals surface area contributed by atoms with Gasteiger partial charge in [-0.05, 0) is 53.4 Å². The topological polar surface area (TPSA) is 60.4 Å². The molecule has 0 aliphatic heterocycles. The number of carbonyl (C=O) groups excluding carboxylic acids is 1. The van der Waals surface area contributed by atoms with Gasteiger partial charge in [-0.2, -0.15) is 0 Å². The maximum atomic E-state index is 12.6. The van der Waals surface area contributed by atoms with Gasteiger partial charge in [0, 0.05) is 17.7 Å². The Bertz CT molecular complexity index is 639. The average Bonchev–Trinajstić information content (AvgIpc) is 2.45. The van der Waals surface area contributed by atoms with Crippen LogP contribution in [0.2, 0.25) is 0 Å². The molecule has 0 saturated heterocycles. The maximum Gasteiger partial charge on any atom is 0.166 e. The SMILES string of the molecule is COc1ccc(C(=O)C2CCCC(S(C)(=O)=O)C2)cc1Br. The standard InChI is InChI=1S/C15H19BrO4S/c1-20-14-7-6-11(9-13(14)16)15(17)10-4-3-5-12(8-10)21(2,18)19/h6-7,9-10,12H,3-5,8H2,1-2H3. The number of benzene rings is 1. The first-order valence-electron chi connectivity index (χ1n) is 6.89. The molecule has 1 fully saturated rings. The van der Waals surface area contributed by atoms with Crippen LogP contribution in [0.4, 0.5) is 0 Å². The van der Waals surface area contributed by atoms with E-state index in [0.29, 0.717) is 24.2 Å². The van der Waals surface area contributed by atoms with Crippen molar-refractivity contribution in [1.82, 2.24) is 0 Å². The highest BCUT2D eigenvalue weighted by molar-refractivity contribution is 9.10. The van der Waals surface area contributed by atoms with Crippen molar-refractivity contribution in [2.75, 3.05) is 13.4 Å². The monoisotopic (exact) mass is 374 g/mol. The summed E-state index contributed by atoms with van der Waals surface area (Å²) in [5.41, 5.74) is 0.599. The number of carbonyl (C=O) groups is 1. The normalized spacial score (nSPS) is 22.8. The Kier molecular flexibility index (Phi) is 5.09. The highest BCUT2D eigenvalue weighted by atomic mass is 79.9. The predicted molar refractivity (Wildman–Crippen MR) is 85.6 cm³/mol. The Morgan fingerprint density at radius 3 is 2.62 bits per heavy atom. The molecule has 1 aromatic carbocycles. The summed E-state index contributed by atoms with van der Waals surface area (Å²) in [6.45, 7) is 0. The van der Waals surface area contributed by atoms with E-state index >= 15 is 0 Å². The third kappa shape index (κ3) is 3.86. The molecule has 2 rings (SSSR count). The molecule has 21 heavy (non-hydrogen) atoms. The van der Waals surface area contributed by atoms with Crippen LogP contribution in [0, 0.1) is 5.92 Å². The van der Waals surface area contributed by atoms with E-state index in [0.717, 1.165) is 17.3 Å². The second-order valence-corrected chi connectivity index (χ2v) is 8.71. The van der Waals surface area contributed by atoms with Crippen molar-refractivity contribution in [3.05, 3.63) is 28.2 Å². The molecule has 0 N–H and O–H groups in total. The van der Waals surface area contributed by atoms with Crippen molar-refractivity contribution in [1.29, 1.82) is 0 Å². The second-order valence-electron chi connectivity index (χ2n) is 5.53.